The van der Waals surface area contributed by atoms with Crippen molar-refractivity contribution >= 4 is 12.4 Å². The number of halogens is 2. The third kappa shape index (κ3) is 3.19. The molecule has 1 saturated heterocycles. The zero-order chi connectivity index (χ0) is 14.9. The molecule has 1 aromatic heterocycles. The van der Waals surface area contributed by atoms with Crippen LogP contribution < -0.4 is 10.1 Å². The van der Waals surface area contributed by atoms with Gasteiger partial charge in [0.25, 0.3) is 0 Å². The second-order valence-corrected chi connectivity index (χ2v) is 6.26. The van der Waals surface area contributed by atoms with Crippen molar-refractivity contribution in [2.24, 2.45) is 11.8 Å². The molecule has 3 nitrogen and oxygen atoms in total. The van der Waals surface area contributed by atoms with E-state index in [0.717, 1.165) is 30.8 Å². The third-order valence-corrected chi connectivity index (χ3v) is 4.79. The van der Waals surface area contributed by atoms with E-state index in [1.165, 1.54) is 18.7 Å². The molecule has 2 aromatic rings. The summed E-state index contributed by atoms with van der Waals surface area (Å²) >= 11 is 0. The number of nitrogens with zero attached hydrogens (tertiary/aromatic N) is 1. The lowest BCUT2D eigenvalue weighted by Gasteiger charge is -2.23. The molecule has 1 aromatic carbocycles. The molecule has 1 N–H and O–H groups in total. The van der Waals surface area contributed by atoms with Crippen LogP contribution in [0.3, 0.4) is 0 Å². The van der Waals surface area contributed by atoms with Crippen LogP contribution in [0.2, 0.25) is 0 Å². The van der Waals surface area contributed by atoms with Gasteiger partial charge >= 0.3 is 0 Å². The van der Waals surface area contributed by atoms with E-state index in [4.69, 9.17) is 4.74 Å². The number of rotatable bonds is 3. The number of ether oxygens (including phenoxy) is 1. The normalized spacial score (nSPS) is 25.7. The zero-order valence-corrected chi connectivity index (χ0v) is 13.6. The van der Waals surface area contributed by atoms with Crippen LogP contribution in [0.4, 0.5) is 4.39 Å². The average Bonchev–Trinajstić information content (AvgIpc) is 2.82. The van der Waals surface area contributed by atoms with Gasteiger partial charge in [-0.15, -0.1) is 12.4 Å². The third-order valence-electron chi connectivity index (χ3n) is 4.79. The molecule has 0 spiro atoms. The molecule has 2 bridgehead atoms. The fraction of sp³-hybridized carbons (Fsp3) is 0.389. The summed E-state index contributed by atoms with van der Waals surface area (Å²) < 4.78 is 20.4. The lowest BCUT2D eigenvalue weighted by atomic mass is 10.0. The van der Waals surface area contributed by atoms with Gasteiger partial charge in [0.2, 0.25) is 0 Å². The van der Waals surface area contributed by atoms with Crippen molar-refractivity contribution in [2.45, 2.75) is 18.9 Å². The van der Waals surface area contributed by atoms with Gasteiger partial charge in [0.1, 0.15) is 17.7 Å². The maximum atomic E-state index is 14.1. The predicted molar refractivity (Wildman–Crippen MR) is 90.4 cm³/mol. The second kappa shape index (κ2) is 6.85. The number of fused-ring (bicyclic) bond motifs is 2. The van der Waals surface area contributed by atoms with Gasteiger partial charge in [-0.25, -0.2) is 4.39 Å². The van der Waals surface area contributed by atoms with E-state index in [1.54, 1.807) is 6.20 Å². The number of hydrogen-bond acceptors (Lipinski definition) is 3. The van der Waals surface area contributed by atoms with Gasteiger partial charge in [0.05, 0.1) is 0 Å². The van der Waals surface area contributed by atoms with E-state index in [-0.39, 0.29) is 24.3 Å². The van der Waals surface area contributed by atoms with Gasteiger partial charge in [-0.2, -0.15) is 0 Å². The highest BCUT2D eigenvalue weighted by molar-refractivity contribution is 5.85. The fourth-order valence-electron chi connectivity index (χ4n) is 3.73. The number of nitrogens with one attached hydrogen (secondary N) is 1. The molecule has 2 heterocycles. The smallest absolute Gasteiger partial charge is 0.134 e. The molecule has 0 amide bonds. The Morgan fingerprint density at radius 3 is 2.78 bits per heavy atom. The predicted octanol–water partition coefficient (Wildman–Crippen LogP) is 3.69. The first-order valence-electron chi connectivity index (χ1n) is 7.87. The van der Waals surface area contributed by atoms with Crippen molar-refractivity contribution in [3.05, 3.63) is 48.5 Å². The number of pyridine rings is 1. The largest absolute Gasteiger partial charge is 0.489 e. The second-order valence-electron chi connectivity index (χ2n) is 6.26. The molecule has 2 aliphatic rings. The summed E-state index contributed by atoms with van der Waals surface area (Å²) in [6.45, 7) is 2.11. The van der Waals surface area contributed by atoms with Gasteiger partial charge in [-0.1, -0.05) is 18.2 Å². The molecular formula is C18H20ClFN2O. The Morgan fingerprint density at radius 1 is 1.09 bits per heavy atom. The average molecular weight is 335 g/mol. The first-order valence-corrected chi connectivity index (χ1v) is 7.87. The Labute approximate surface area is 141 Å². The maximum Gasteiger partial charge on any atom is 0.134 e. The van der Waals surface area contributed by atoms with Crippen LogP contribution in [0, 0.1) is 17.7 Å². The molecular weight excluding hydrogens is 315 g/mol. The number of benzene rings is 1. The van der Waals surface area contributed by atoms with Crippen LogP contribution in [0.5, 0.6) is 5.75 Å². The number of para-hydroxylation sites is 1. The van der Waals surface area contributed by atoms with Crippen LogP contribution in [0.25, 0.3) is 11.1 Å². The molecule has 3 atom stereocenters. The standard InChI is InChI=1S/C18H19FN2O.ClH/c19-16-5-6-20-11-15(16)14-3-1-2-4-17(14)22-18-8-12-7-13(18)10-21-9-12;/h1-6,11-13,18,21H,7-10H2;1H/t12-,13-,18+;/m1./s1. The summed E-state index contributed by atoms with van der Waals surface area (Å²) in [4.78, 5) is 4.04. The Kier molecular flexibility index (Phi) is 4.83. The highest BCUT2D eigenvalue weighted by atomic mass is 35.5. The molecule has 0 unspecified atom stereocenters. The van der Waals surface area contributed by atoms with Crippen LogP contribution in [0.15, 0.2) is 42.7 Å². The summed E-state index contributed by atoms with van der Waals surface area (Å²) in [5.41, 5.74) is 1.28. The van der Waals surface area contributed by atoms with Crippen LogP contribution in [-0.4, -0.2) is 24.2 Å². The van der Waals surface area contributed by atoms with Gasteiger partial charge in [0, 0.05) is 36.0 Å². The number of piperidine rings is 1. The quantitative estimate of drug-likeness (QED) is 0.929. The maximum absolute atomic E-state index is 14.1. The lowest BCUT2D eigenvalue weighted by Crippen LogP contribution is -2.34. The van der Waals surface area contributed by atoms with E-state index < -0.39 is 0 Å². The number of hydrogen-bond donors (Lipinski definition) is 1. The summed E-state index contributed by atoms with van der Waals surface area (Å²) in [5.74, 6) is 1.77. The van der Waals surface area contributed by atoms with Crippen LogP contribution >= 0.6 is 12.4 Å². The van der Waals surface area contributed by atoms with E-state index >= 15 is 0 Å². The molecule has 1 aliphatic heterocycles. The van der Waals surface area contributed by atoms with E-state index in [9.17, 15) is 4.39 Å². The molecule has 5 heteroatoms. The van der Waals surface area contributed by atoms with Crippen molar-refractivity contribution in [3.63, 3.8) is 0 Å². The molecule has 23 heavy (non-hydrogen) atoms. The van der Waals surface area contributed by atoms with E-state index in [1.807, 2.05) is 24.3 Å². The zero-order valence-electron chi connectivity index (χ0n) is 12.7. The van der Waals surface area contributed by atoms with Crippen molar-refractivity contribution in [1.82, 2.24) is 10.3 Å². The molecule has 4 rings (SSSR count). The molecule has 0 radical (unpaired) electrons. The Hall–Kier alpha value is -1.65. The minimum absolute atomic E-state index is 0. The highest BCUT2D eigenvalue weighted by Crippen LogP contribution is 2.39. The lowest BCUT2D eigenvalue weighted by molar-refractivity contribution is 0.161. The monoisotopic (exact) mass is 334 g/mol. The number of aromatic nitrogens is 1. The van der Waals surface area contributed by atoms with Crippen LogP contribution in [-0.2, 0) is 0 Å². The van der Waals surface area contributed by atoms with Gasteiger partial charge in [-0.3, -0.25) is 4.98 Å². The van der Waals surface area contributed by atoms with Crippen molar-refractivity contribution in [2.75, 3.05) is 13.1 Å². The SMILES string of the molecule is Cl.Fc1ccncc1-c1ccccc1O[C@H]1C[C@@H]2CNC[C@H]1C2. The Morgan fingerprint density at radius 2 is 1.96 bits per heavy atom. The molecule has 1 saturated carbocycles. The minimum atomic E-state index is -0.266. The fourth-order valence-corrected chi connectivity index (χ4v) is 3.73. The van der Waals surface area contributed by atoms with E-state index in [0.29, 0.717) is 17.4 Å². The van der Waals surface area contributed by atoms with Gasteiger partial charge < -0.3 is 10.1 Å². The summed E-state index contributed by atoms with van der Waals surface area (Å²) in [6, 6.07) is 9.06. The van der Waals surface area contributed by atoms with E-state index in [2.05, 4.69) is 10.3 Å². The summed E-state index contributed by atoms with van der Waals surface area (Å²) in [5, 5.41) is 3.47. The highest BCUT2D eigenvalue weighted by Gasteiger charge is 2.38. The van der Waals surface area contributed by atoms with Gasteiger partial charge in [0.15, 0.2) is 0 Å². The Bertz CT molecular complexity index is 682. The van der Waals surface area contributed by atoms with Gasteiger partial charge in [-0.05, 0) is 37.4 Å². The summed E-state index contributed by atoms with van der Waals surface area (Å²) in [7, 11) is 0. The van der Waals surface area contributed by atoms with Crippen LogP contribution in [0.1, 0.15) is 12.8 Å². The summed E-state index contributed by atoms with van der Waals surface area (Å²) in [6.07, 6.45) is 5.57. The van der Waals surface area contributed by atoms with Crippen molar-refractivity contribution in [3.8, 4) is 16.9 Å². The van der Waals surface area contributed by atoms with Crippen molar-refractivity contribution in [1.29, 1.82) is 0 Å². The first-order chi connectivity index (χ1) is 10.8. The first kappa shape index (κ1) is 16.2. The molecule has 1 aliphatic carbocycles. The Balaban J connectivity index is 0.00000156. The molecule has 122 valence electrons. The van der Waals surface area contributed by atoms with Crippen molar-refractivity contribution < 1.29 is 9.13 Å². The topological polar surface area (TPSA) is 34.1 Å². The minimum Gasteiger partial charge on any atom is -0.489 e. The molecule has 2 fully saturated rings.